The highest BCUT2D eigenvalue weighted by Gasteiger charge is 2.07. The Morgan fingerprint density at radius 1 is 1.35 bits per heavy atom. The van der Waals surface area contributed by atoms with Crippen LogP contribution >= 0.6 is 23.1 Å². The lowest BCUT2D eigenvalue weighted by molar-refractivity contribution is 0.892. The van der Waals surface area contributed by atoms with Gasteiger partial charge in [0.2, 0.25) is 5.13 Å². The summed E-state index contributed by atoms with van der Waals surface area (Å²) in [4.78, 5) is 4.42. The molecule has 0 radical (unpaired) electrons. The molecule has 3 nitrogen and oxygen atoms in total. The lowest BCUT2D eigenvalue weighted by atomic mass is 10.1. The van der Waals surface area contributed by atoms with Gasteiger partial charge in [-0.15, -0.1) is 0 Å². The van der Waals surface area contributed by atoms with Gasteiger partial charge < -0.3 is 5.32 Å². The lowest BCUT2D eigenvalue weighted by Gasteiger charge is -2.03. The third kappa shape index (κ3) is 3.41. The van der Waals surface area contributed by atoms with Crippen molar-refractivity contribution in [2.45, 2.75) is 26.3 Å². The van der Waals surface area contributed by atoms with E-state index in [0.29, 0.717) is 12.5 Å². The molecule has 0 aliphatic carbocycles. The van der Waals surface area contributed by atoms with Crippen molar-refractivity contribution >= 4 is 28.3 Å². The van der Waals surface area contributed by atoms with Gasteiger partial charge in [0.15, 0.2) is 0 Å². The van der Waals surface area contributed by atoms with E-state index in [9.17, 15) is 0 Å². The lowest BCUT2D eigenvalue weighted by Crippen LogP contribution is -2.09. The van der Waals surface area contributed by atoms with Crippen LogP contribution in [0.1, 0.15) is 25.2 Å². The zero-order chi connectivity index (χ0) is 12.3. The zero-order valence-corrected chi connectivity index (χ0v) is 11.3. The fourth-order valence-electron chi connectivity index (χ4n) is 1.44. The first-order valence-electron chi connectivity index (χ1n) is 5.47. The van der Waals surface area contributed by atoms with E-state index in [2.05, 4.69) is 28.5 Å². The van der Waals surface area contributed by atoms with Crippen molar-refractivity contribution in [3.63, 3.8) is 0 Å². The molecule has 2 rings (SSSR count). The molecule has 0 bridgehead atoms. The smallest absolute Gasteiger partial charge is 0.202 e. The molecule has 5 heteroatoms. The van der Waals surface area contributed by atoms with E-state index in [1.165, 1.54) is 11.5 Å². The quantitative estimate of drug-likeness (QED) is 0.920. The van der Waals surface area contributed by atoms with E-state index in [1.807, 2.05) is 24.3 Å². The van der Waals surface area contributed by atoms with Crippen molar-refractivity contribution in [3.05, 3.63) is 40.7 Å². The number of hydrogen-bond acceptors (Lipinski definition) is 4. The number of hydrogen-bond donors (Lipinski definition) is 1. The minimum Gasteiger partial charge on any atom is -0.358 e. The molecule has 1 heterocycles. The molecule has 0 amide bonds. The molecular weight excluding hydrogens is 254 g/mol. The van der Waals surface area contributed by atoms with Crippen LogP contribution in [-0.2, 0) is 6.42 Å². The van der Waals surface area contributed by atoms with E-state index in [0.717, 1.165) is 21.5 Å². The molecule has 0 saturated heterocycles. The molecule has 0 aliphatic heterocycles. The molecule has 0 saturated carbocycles. The Labute approximate surface area is 110 Å². The van der Waals surface area contributed by atoms with E-state index >= 15 is 0 Å². The third-order valence-corrected chi connectivity index (χ3v) is 3.24. The first kappa shape index (κ1) is 12.3. The second-order valence-electron chi connectivity index (χ2n) is 4.08. The van der Waals surface area contributed by atoms with Gasteiger partial charge in [0, 0.05) is 29.0 Å². The number of anilines is 1. The van der Waals surface area contributed by atoms with Gasteiger partial charge in [0.25, 0.3) is 0 Å². The van der Waals surface area contributed by atoms with Crippen LogP contribution in [0.3, 0.4) is 0 Å². The first-order valence-corrected chi connectivity index (χ1v) is 6.63. The van der Waals surface area contributed by atoms with Gasteiger partial charge in [0.1, 0.15) is 5.82 Å². The molecule has 0 unspecified atom stereocenters. The predicted molar refractivity (Wildman–Crippen MR) is 72.9 cm³/mol. The molecule has 1 aromatic heterocycles. The Morgan fingerprint density at radius 3 is 2.82 bits per heavy atom. The molecule has 0 aliphatic rings. The zero-order valence-electron chi connectivity index (χ0n) is 9.77. The average Bonchev–Trinajstić information content (AvgIpc) is 2.68. The van der Waals surface area contributed by atoms with Crippen LogP contribution in [0.15, 0.2) is 24.3 Å². The van der Waals surface area contributed by atoms with Crippen molar-refractivity contribution in [2.75, 3.05) is 5.32 Å². The minimum atomic E-state index is 0.371. The average molecular weight is 268 g/mol. The Morgan fingerprint density at radius 2 is 2.12 bits per heavy atom. The van der Waals surface area contributed by atoms with Crippen LogP contribution < -0.4 is 5.32 Å². The van der Waals surface area contributed by atoms with Crippen LogP contribution in [-0.4, -0.2) is 15.4 Å². The van der Waals surface area contributed by atoms with Crippen molar-refractivity contribution in [1.29, 1.82) is 0 Å². The molecule has 1 N–H and O–H groups in total. The van der Waals surface area contributed by atoms with Crippen molar-refractivity contribution in [2.24, 2.45) is 0 Å². The van der Waals surface area contributed by atoms with E-state index in [-0.39, 0.29) is 0 Å². The molecule has 0 spiro atoms. The summed E-state index contributed by atoms with van der Waals surface area (Å²) in [6, 6.07) is 8.15. The van der Waals surface area contributed by atoms with E-state index in [1.54, 1.807) is 0 Å². The normalized spacial score (nSPS) is 10.8. The van der Waals surface area contributed by atoms with Crippen molar-refractivity contribution in [3.8, 4) is 0 Å². The summed E-state index contributed by atoms with van der Waals surface area (Å²) in [5.41, 5.74) is 1.06. The summed E-state index contributed by atoms with van der Waals surface area (Å²) in [6.45, 7) is 4.16. The topological polar surface area (TPSA) is 37.8 Å². The molecule has 2 aromatic rings. The summed E-state index contributed by atoms with van der Waals surface area (Å²) in [5, 5.41) is 4.86. The van der Waals surface area contributed by atoms with Crippen LogP contribution in [0, 0.1) is 0 Å². The second kappa shape index (κ2) is 5.47. The maximum atomic E-state index is 6.10. The highest BCUT2D eigenvalue weighted by Crippen LogP contribution is 2.20. The minimum absolute atomic E-state index is 0.371. The summed E-state index contributed by atoms with van der Waals surface area (Å²) in [5.74, 6) is 0.811. The Hall–Kier alpha value is -1.13. The number of nitrogens with zero attached hydrogens (tertiary/aromatic N) is 2. The summed E-state index contributed by atoms with van der Waals surface area (Å²) in [6.07, 6.45) is 0.677. The Kier molecular flexibility index (Phi) is 3.97. The Bertz CT molecular complexity index is 496. The molecule has 1 aromatic carbocycles. The van der Waals surface area contributed by atoms with Crippen molar-refractivity contribution in [1.82, 2.24) is 9.36 Å². The number of aromatic nitrogens is 2. The van der Waals surface area contributed by atoms with Gasteiger partial charge in [-0.05, 0) is 25.5 Å². The van der Waals surface area contributed by atoms with Gasteiger partial charge in [-0.2, -0.15) is 4.37 Å². The van der Waals surface area contributed by atoms with Gasteiger partial charge in [-0.25, -0.2) is 4.98 Å². The third-order valence-electron chi connectivity index (χ3n) is 2.19. The highest BCUT2D eigenvalue weighted by atomic mass is 35.5. The van der Waals surface area contributed by atoms with Crippen molar-refractivity contribution < 1.29 is 0 Å². The number of benzene rings is 1. The molecular formula is C12H14ClN3S. The van der Waals surface area contributed by atoms with Gasteiger partial charge >= 0.3 is 0 Å². The van der Waals surface area contributed by atoms with Crippen LogP contribution in [0.5, 0.6) is 0 Å². The summed E-state index contributed by atoms with van der Waals surface area (Å²) in [7, 11) is 0. The molecule has 0 atom stereocenters. The fraction of sp³-hybridized carbons (Fsp3) is 0.333. The maximum Gasteiger partial charge on any atom is 0.202 e. The van der Waals surface area contributed by atoms with Gasteiger partial charge in [0.05, 0.1) is 0 Å². The fourth-order valence-corrected chi connectivity index (χ4v) is 2.38. The first-order chi connectivity index (χ1) is 8.15. The summed E-state index contributed by atoms with van der Waals surface area (Å²) >= 11 is 7.49. The highest BCUT2D eigenvalue weighted by molar-refractivity contribution is 7.09. The monoisotopic (exact) mass is 267 g/mol. The van der Waals surface area contributed by atoms with E-state index < -0.39 is 0 Å². The number of nitrogens with one attached hydrogen (secondary N) is 1. The SMILES string of the molecule is CC(C)Nc1nc(Cc2ccccc2Cl)ns1. The van der Waals surface area contributed by atoms with Crippen LogP contribution in [0.2, 0.25) is 5.02 Å². The van der Waals surface area contributed by atoms with Crippen LogP contribution in [0.25, 0.3) is 0 Å². The van der Waals surface area contributed by atoms with Crippen LogP contribution in [0.4, 0.5) is 5.13 Å². The largest absolute Gasteiger partial charge is 0.358 e. The number of rotatable bonds is 4. The molecule has 17 heavy (non-hydrogen) atoms. The van der Waals surface area contributed by atoms with E-state index in [4.69, 9.17) is 11.6 Å². The standard InChI is InChI=1S/C12H14ClN3S/c1-8(2)14-12-15-11(16-17-12)7-9-5-3-4-6-10(9)13/h3-6,8H,7H2,1-2H3,(H,14,15,16). The maximum absolute atomic E-state index is 6.10. The Balaban J connectivity index is 2.09. The molecule has 90 valence electrons. The second-order valence-corrected chi connectivity index (χ2v) is 5.24. The van der Waals surface area contributed by atoms with Gasteiger partial charge in [-0.1, -0.05) is 29.8 Å². The number of halogens is 1. The molecule has 0 fully saturated rings. The predicted octanol–water partition coefficient (Wildman–Crippen LogP) is 3.60. The summed E-state index contributed by atoms with van der Waals surface area (Å²) < 4.78 is 4.32. The van der Waals surface area contributed by atoms with Gasteiger partial charge in [-0.3, -0.25) is 0 Å².